The topological polar surface area (TPSA) is 46.1 Å². The second-order valence-electron chi connectivity index (χ2n) is 4.23. The maximum atomic E-state index is 12.3. The Balaban J connectivity index is 2.17. The lowest BCUT2D eigenvalue weighted by Crippen LogP contribution is -2.31. The van der Waals surface area contributed by atoms with E-state index in [4.69, 9.17) is 0 Å². The minimum atomic E-state index is -0.191. The Hall–Kier alpha value is -1.75. The number of carbonyl (C=O) groups excluding carboxylic acids is 1. The highest BCUT2D eigenvalue weighted by atomic mass is 79.9. The minimum Gasteiger partial charge on any atom is -0.332 e. The van der Waals surface area contributed by atoms with E-state index in [1.807, 2.05) is 37.3 Å². The lowest BCUT2D eigenvalue weighted by atomic mass is 10.1. The third-order valence-electron chi connectivity index (χ3n) is 2.99. The summed E-state index contributed by atoms with van der Waals surface area (Å²) in [5.41, 5.74) is 1.08. The van der Waals surface area contributed by atoms with Crippen molar-refractivity contribution in [3.05, 3.63) is 58.6 Å². The molecule has 0 N–H and O–H groups in total. The van der Waals surface area contributed by atoms with E-state index in [-0.39, 0.29) is 17.8 Å². The quantitative estimate of drug-likeness (QED) is 0.873. The third kappa shape index (κ3) is 3.17. The second-order valence-corrected chi connectivity index (χ2v) is 5.14. The molecule has 1 aromatic heterocycles. The van der Waals surface area contributed by atoms with Crippen LogP contribution in [0.1, 0.15) is 29.1 Å². The van der Waals surface area contributed by atoms with Crippen molar-refractivity contribution in [2.75, 3.05) is 7.05 Å². The molecule has 5 heteroatoms. The van der Waals surface area contributed by atoms with Crippen LogP contribution in [0, 0.1) is 0 Å². The highest BCUT2D eigenvalue weighted by Gasteiger charge is 2.20. The van der Waals surface area contributed by atoms with Crippen molar-refractivity contribution < 1.29 is 4.79 Å². The summed E-state index contributed by atoms with van der Waals surface area (Å²) in [7, 11) is 1.76. The zero-order valence-electron chi connectivity index (χ0n) is 10.7. The van der Waals surface area contributed by atoms with E-state index in [0.717, 1.165) is 10.0 Å². The number of hydrogen-bond donors (Lipinski definition) is 0. The first-order valence-electron chi connectivity index (χ1n) is 5.89. The SMILES string of the molecule is CC(c1ccccc1)N(C)C(=O)c1ncc(Br)cn1. The van der Waals surface area contributed by atoms with Crippen molar-refractivity contribution in [1.29, 1.82) is 0 Å². The van der Waals surface area contributed by atoms with Gasteiger partial charge in [0.05, 0.1) is 10.5 Å². The van der Waals surface area contributed by atoms with E-state index in [9.17, 15) is 4.79 Å². The molecule has 98 valence electrons. The fourth-order valence-corrected chi connectivity index (χ4v) is 1.92. The van der Waals surface area contributed by atoms with Crippen molar-refractivity contribution in [3.8, 4) is 0 Å². The van der Waals surface area contributed by atoms with Gasteiger partial charge in [-0.15, -0.1) is 0 Å². The number of carbonyl (C=O) groups is 1. The highest BCUT2D eigenvalue weighted by Crippen LogP contribution is 2.19. The number of benzene rings is 1. The first-order valence-corrected chi connectivity index (χ1v) is 6.68. The Morgan fingerprint density at radius 1 is 1.21 bits per heavy atom. The molecule has 0 saturated carbocycles. The van der Waals surface area contributed by atoms with Crippen LogP contribution in [0.5, 0.6) is 0 Å². The van der Waals surface area contributed by atoms with E-state index in [0.29, 0.717) is 0 Å². The molecule has 1 atom stereocenters. The average molecular weight is 320 g/mol. The Morgan fingerprint density at radius 3 is 2.37 bits per heavy atom. The van der Waals surface area contributed by atoms with Gasteiger partial charge in [-0.05, 0) is 28.4 Å². The standard InChI is InChI=1S/C14H14BrN3O/c1-10(11-6-4-3-5-7-11)18(2)14(19)13-16-8-12(15)9-17-13/h3-10H,1-2H3. The van der Waals surface area contributed by atoms with Crippen molar-refractivity contribution >= 4 is 21.8 Å². The van der Waals surface area contributed by atoms with Crippen molar-refractivity contribution in [3.63, 3.8) is 0 Å². The van der Waals surface area contributed by atoms with Gasteiger partial charge in [-0.3, -0.25) is 4.79 Å². The average Bonchev–Trinajstić information content (AvgIpc) is 2.46. The Morgan fingerprint density at radius 2 is 1.79 bits per heavy atom. The molecule has 1 amide bonds. The molecule has 1 heterocycles. The van der Waals surface area contributed by atoms with Gasteiger partial charge in [0, 0.05) is 19.4 Å². The minimum absolute atomic E-state index is 0.0269. The highest BCUT2D eigenvalue weighted by molar-refractivity contribution is 9.10. The fraction of sp³-hybridized carbons (Fsp3) is 0.214. The summed E-state index contributed by atoms with van der Waals surface area (Å²) < 4.78 is 0.753. The van der Waals surface area contributed by atoms with Crippen LogP contribution in [-0.2, 0) is 0 Å². The molecule has 1 unspecified atom stereocenters. The molecule has 19 heavy (non-hydrogen) atoms. The van der Waals surface area contributed by atoms with Crippen molar-refractivity contribution in [2.45, 2.75) is 13.0 Å². The van der Waals surface area contributed by atoms with Crippen LogP contribution in [-0.4, -0.2) is 27.8 Å². The summed E-state index contributed by atoms with van der Waals surface area (Å²) in [4.78, 5) is 21.9. The molecule has 0 aliphatic carbocycles. The van der Waals surface area contributed by atoms with Gasteiger partial charge < -0.3 is 4.90 Å². The van der Waals surface area contributed by atoms with Crippen LogP contribution in [0.4, 0.5) is 0 Å². The molecule has 4 nitrogen and oxygen atoms in total. The molecule has 0 fully saturated rings. The molecule has 0 aliphatic rings. The van der Waals surface area contributed by atoms with E-state index < -0.39 is 0 Å². The lowest BCUT2D eigenvalue weighted by Gasteiger charge is -2.24. The first kappa shape index (κ1) is 13.7. The molecule has 0 saturated heterocycles. The van der Waals surface area contributed by atoms with Crippen LogP contribution in [0.3, 0.4) is 0 Å². The van der Waals surface area contributed by atoms with Crippen LogP contribution in [0.25, 0.3) is 0 Å². The third-order valence-corrected chi connectivity index (χ3v) is 3.40. The molecular formula is C14H14BrN3O. The van der Waals surface area contributed by atoms with Gasteiger partial charge in [0.15, 0.2) is 0 Å². The maximum Gasteiger partial charge on any atom is 0.291 e. The molecular weight excluding hydrogens is 306 g/mol. The normalized spacial score (nSPS) is 11.9. The zero-order valence-corrected chi connectivity index (χ0v) is 12.3. The lowest BCUT2D eigenvalue weighted by molar-refractivity contribution is 0.0730. The van der Waals surface area contributed by atoms with Gasteiger partial charge in [0.25, 0.3) is 5.91 Å². The zero-order chi connectivity index (χ0) is 13.8. The molecule has 0 bridgehead atoms. The van der Waals surface area contributed by atoms with Gasteiger partial charge in [0.1, 0.15) is 0 Å². The van der Waals surface area contributed by atoms with Crippen molar-refractivity contribution in [1.82, 2.24) is 14.9 Å². The number of rotatable bonds is 3. The molecule has 2 rings (SSSR count). The predicted molar refractivity (Wildman–Crippen MR) is 76.7 cm³/mol. The summed E-state index contributed by atoms with van der Waals surface area (Å²) in [6.45, 7) is 1.98. The summed E-state index contributed by atoms with van der Waals surface area (Å²) in [6.07, 6.45) is 3.14. The van der Waals surface area contributed by atoms with Crippen LogP contribution >= 0.6 is 15.9 Å². The van der Waals surface area contributed by atoms with Crippen LogP contribution < -0.4 is 0 Å². The van der Waals surface area contributed by atoms with Crippen LogP contribution in [0.2, 0.25) is 0 Å². The number of halogens is 1. The molecule has 0 spiro atoms. The monoisotopic (exact) mass is 319 g/mol. The summed E-state index contributed by atoms with van der Waals surface area (Å²) in [5.74, 6) is 0.0114. The van der Waals surface area contributed by atoms with Gasteiger partial charge in [0.2, 0.25) is 5.82 Å². The Kier molecular flexibility index (Phi) is 4.27. The molecule has 1 aromatic carbocycles. The molecule has 2 aromatic rings. The van der Waals surface area contributed by atoms with E-state index in [2.05, 4.69) is 25.9 Å². The van der Waals surface area contributed by atoms with Gasteiger partial charge in [-0.1, -0.05) is 30.3 Å². The molecule has 0 aliphatic heterocycles. The van der Waals surface area contributed by atoms with E-state index >= 15 is 0 Å². The Bertz CT molecular complexity index is 557. The van der Waals surface area contributed by atoms with Gasteiger partial charge in [-0.2, -0.15) is 0 Å². The first-order chi connectivity index (χ1) is 9.09. The van der Waals surface area contributed by atoms with E-state index in [1.54, 1.807) is 24.3 Å². The van der Waals surface area contributed by atoms with E-state index in [1.165, 1.54) is 0 Å². The van der Waals surface area contributed by atoms with Crippen LogP contribution in [0.15, 0.2) is 47.2 Å². The van der Waals surface area contributed by atoms with Crippen molar-refractivity contribution in [2.24, 2.45) is 0 Å². The number of hydrogen-bond acceptors (Lipinski definition) is 3. The summed E-state index contributed by atoms with van der Waals surface area (Å²) in [5, 5.41) is 0. The number of aromatic nitrogens is 2. The Labute approximate surface area is 120 Å². The largest absolute Gasteiger partial charge is 0.332 e. The molecule has 0 radical (unpaired) electrons. The second kappa shape index (κ2) is 5.93. The number of amides is 1. The maximum absolute atomic E-state index is 12.3. The predicted octanol–water partition coefficient (Wildman–Crippen LogP) is 3.07. The van der Waals surface area contributed by atoms with Gasteiger partial charge in [-0.25, -0.2) is 9.97 Å². The summed E-state index contributed by atoms with van der Waals surface area (Å²) >= 11 is 3.25. The van der Waals surface area contributed by atoms with Gasteiger partial charge >= 0.3 is 0 Å². The smallest absolute Gasteiger partial charge is 0.291 e. The summed E-state index contributed by atoms with van der Waals surface area (Å²) in [6, 6.07) is 9.84. The fourth-order valence-electron chi connectivity index (χ4n) is 1.71. The number of nitrogens with zero attached hydrogens (tertiary/aromatic N) is 3.